The highest BCUT2D eigenvalue weighted by Gasteiger charge is 2.56. The molecule has 5 aliphatic heterocycles. The van der Waals surface area contributed by atoms with Gasteiger partial charge in [0.05, 0.1) is 51.2 Å². The van der Waals surface area contributed by atoms with E-state index in [1.54, 1.807) is 0 Å². The van der Waals surface area contributed by atoms with E-state index in [0.29, 0.717) is 0 Å². The molecule has 5 fully saturated rings. The Morgan fingerprint density at radius 3 is 1.18 bits per heavy atom. The minimum absolute atomic E-state index is 0. The van der Waals surface area contributed by atoms with E-state index >= 15 is 0 Å². The summed E-state index contributed by atoms with van der Waals surface area (Å²) in [6, 6.07) is -2.31. The second-order valence-electron chi connectivity index (χ2n) is 17.0. The van der Waals surface area contributed by atoms with Crippen molar-refractivity contribution in [2.24, 2.45) is 0 Å². The average Bonchev–Trinajstić information content (AvgIpc) is 3.30. The van der Waals surface area contributed by atoms with Gasteiger partial charge in [0, 0.05) is 0 Å². The number of rotatable bonds is 15. The van der Waals surface area contributed by atoms with Gasteiger partial charge in [-0.05, 0) is 12.5 Å². The van der Waals surface area contributed by atoms with Gasteiger partial charge < -0.3 is 145 Å². The summed E-state index contributed by atoms with van der Waals surface area (Å²) in [7, 11) is 0. The average molecular weight is 986 g/mol. The molecule has 0 aromatic carbocycles. The number of hydrogen-bond acceptors (Lipinski definition) is 29. The molecule has 6 aliphatic rings. The molecule has 0 radical (unpaired) electrons. The summed E-state index contributed by atoms with van der Waals surface area (Å²) < 4.78 is 50.2. The molecule has 0 spiro atoms. The van der Waals surface area contributed by atoms with E-state index in [1.165, 1.54) is 13.0 Å². The van der Waals surface area contributed by atoms with Crippen molar-refractivity contribution in [3.05, 3.63) is 11.6 Å². The molecule has 5 saturated heterocycles. The van der Waals surface area contributed by atoms with Crippen molar-refractivity contribution in [3.8, 4) is 0 Å². The summed E-state index contributed by atoms with van der Waals surface area (Å²) >= 11 is 0. The van der Waals surface area contributed by atoms with Crippen LogP contribution in [0.25, 0.3) is 0 Å². The van der Waals surface area contributed by atoms with E-state index in [-0.39, 0.29) is 13.0 Å². The molecule has 20 N–H and O–H groups in total. The van der Waals surface area contributed by atoms with Crippen LogP contribution in [0, 0.1) is 0 Å². The van der Waals surface area contributed by atoms with Crippen LogP contribution in [0.4, 0.5) is 0 Å². The third-order valence-corrected chi connectivity index (χ3v) is 12.7. The molecule has 67 heavy (non-hydrogen) atoms. The van der Waals surface area contributed by atoms with Gasteiger partial charge >= 0.3 is 0 Å². The SMILES string of the molecule is C.CC1OC(OC2C(CO)OC(OC3C(CO)OC(OC4C(CO)OC(OC5OC(CO)C(O)C(O)C5O)C(O)C4O)C(O)C3O)C(O)C2O)C(O)C(O)C1NC1C=C(CO)C(O)C(O)C1O. The highest BCUT2D eigenvalue weighted by Crippen LogP contribution is 2.36. The normalized spacial score (nSPS) is 52.0. The highest BCUT2D eigenvalue weighted by molar-refractivity contribution is 5.22. The van der Waals surface area contributed by atoms with Crippen molar-refractivity contribution >= 4 is 0 Å². The Hall–Kier alpha value is -1.42. The first kappa shape index (κ1) is 56.5. The Balaban J connectivity index is 0.00000840. The minimum atomic E-state index is -2.14. The van der Waals surface area contributed by atoms with Crippen LogP contribution in [-0.2, 0) is 42.6 Å². The number of ether oxygens (including phenoxy) is 9. The molecule has 29 nitrogen and oxygen atoms in total. The Labute approximate surface area is 381 Å². The zero-order valence-electron chi connectivity index (χ0n) is 35.0. The van der Waals surface area contributed by atoms with E-state index < -0.39 is 211 Å². The van der Waals surface area contributed by atoms with Gasteiger partial charge in [0.15, 0.2) is 31.5 Å². The third kappa shape index (κ3) is 11.5. The van der Waals surface area contributed by atoms with Gasteiger partial charge in [-0.15, -0.1) is 0 Å². The van der Waals surface area contributed by atoms with Gasteiger partial charge in [-0.1, -0.05) is 13.5 Å². The molecule has 6 rings (SSSR count). The maximum atomic E-state index is 11.2. The second-order valence-corrected chi connectivity index (χ2v) is 17.0. The van der Waals surface area contributed by atoms with Gasteiger partial charge in [0.1, 0.15) is 128 Å². The first-order valence-corrected chi connectivity index (χ1v) is 21.2. The van der Waals surface area contributed by atoms with Gasteiger partial charge in [0.2, 0.25) is 0 Å². The largest absolute Gasteiger partial charge is 0.394 e. The maximum absolute atomic E-state index is 11.2. The molecule has 29 heteroatoms. The van der Waals surface area contributed by atoms with Crippen molar-refractivity contribution in [1.82, 2.24) is 5.32 Å². The summed E-state index contributed by atoms with van der Waals surface area (Å²) in [6.07, 6.45) is -47.5. The van der Waals surface area contributed by atoms with Crippen LogP contribution in [0.3, 0.4) is 0 Å². The van der Waals surface area contributed by atoms with E-state index in [1.807, 2.05) is 0 Å². The minimum Gasteiger partial charge on any atom is -0.394 e. The summed E-state index contributed by atoms with van der Waals surface area (Å²) in [5.74, 6) is 0. The van der Waals surface area contributed by atoms with E-state index in [0.717, 1.165) is 0 Å². The molecule has 0 bridgehead atoms. The van der Waals surface area contributed by atoms with Crippen LogP contribution < -0.4 is 5.32 Å². The van der Waals surface area contributed by atoms with Crippen LogP contribution in [0.2, 0.25) is 0 Å². The molecule has 1 aliphatic carbocycles. The van der Waals surface area contributed by atoms with Gasteiger partial charge in [-0.3, -0.25) is 0 Å². The Bertz CT molecular complexity index is 1550. The van der Waals surface area contributed by atoms with Crippen LogP contribution >= 0.6 is 0 Å². The molecule has 29 unspecified atom stereocenters. The summed E-state index contributed by atoms with van der Waals surface area (Å²) in [5, 5.41) is 202. The molecule has 0 saturated carbocycles. The number of aliphatic hydroxyl groups is 19. The van der Waals surface area contributed by atoms with Crippen molar-refractivity contribution in [2.45, 2.75) is 192 Å². The monoisotopic (exact) mass is 985 g/mol. The molecule has 0 amide bonds. The first-order chi connectivity index (χ1) is 31.2. The third-order valence-electron chi connectivity index (χ3n) is 12.7. The van der Waals surface area contributed by atoms with Crippen LogP contribution in [0.5, 0.6) is 0 Å². The van der Waals surface area contributed by atoms with E-state index in [4.69, 9.17) is 42.6 Å². The summed E-state index contributed by atoms with van der Waals surface area (Å²) in [4.78, 5) is 0. The Kier molecular flexibility index (Phi) is 20.1. The lowest BCUT2D eigenvalue weighted by molar-refractivity contribution is -0.399. The fraction of sp³-hybridized carbons (Fsp3) is 0.947. The molecule has 0 aromatic rings. The lowest BCUT2D eigenvalue weighted by atomic mass is 9.86. The lowest BCUT2D eigenvalue weighted by Crippen LogP contribution is -2.69. The topological polar surface area (TPSA) is 479 Å². The number of nitrogens with one attached hydrogen (secondary N) is 1. The number of aliphatic hydroxyl groups excluding tert-OH is 19. The van der Waals surface area contributed by atoms with Gasteiger partial charge in [-0.2, -0.15) is 0 Å². The Morgan fingerprint density at radius 2 is 0.776 bits per heavy atom. The van der Waals surface area contributed by atoms with Crippen LogP contribution in [-0.4, -0.2) is 308 Å². The fourth-order valence-corrected chi connectivity index (χ4v) is 8.71. The zero-order valence-corrected chi connectivity index (χ0v) is 35.0. The second kappa shape index (κ2) is 23.9. The quantitative estimate of drug-likeness (QED) is 0.0678. The predicted octanol–water partition coefficient (Wildman–Crippen LogP) is -12.3. The smallest absolute Gasteiger partial charge is 0.189 e. The molecular weight excluding hydrogens is 918 g/mol. The maximum Gasteiger partial charge on any atom is 0.189 e. The van der Waals surface area contributed by atoms with E-state index in [9.17, 15) is 97.0 Å². The van der Waals surface area contributed by atoms with Gasteiger partial charge in [-0.25, -0.2) is 0 Å². The molecular formula is C38H67NO28. The van der Waals surface area contributed by atoms with Crippen LogP contribution in [0.15, 0.2) is 11.6 Å². The van der Waals surface area contributed by atoms with Crippen molar-refractivity contribution < 1.29 is 140 Å². The fourth-order valence-electron chi connectivity index (χ4n) is 8.71. The van der Waals surface area contributed by atoms with E-state index in [2.05, 4.69) is 5.32 Å². The van der Waals surface area contributed by atoms with Crippen LogP contribution in [0.1, 0.15) is 14.4 Å². The predicted molar refractivity (Wildman–Crippen MR) is 210 cm³/mol. The molecule has 0 aromatic heterocycles. The standard InChI is InChI=1S/C37H63NO28.CH4/c1-8-15(38-10-2-9(3-39)16(44)20(48)17(10)45)19(47)25(53)33(58-8)63-30-12(5-41)60-34(27(55)22(30)50)64-31-13(6-42)61-35(28(56)23(31)51)65-32-14(7-43)62-37(29(57)24(32)52)66-36-26(54)21(49)18(46)11(4-40)59-36;/h2,8,10-57H,3-7H2,1H3;1H4. The highest BCUT2D eigenvalue weighted by atomic mass is 16.8. The zero-order chi connectivity index (χ0) is 48.6. The van der Waals surface area contributed by atoms with Gasteiger partial charge in [0.25, 0.3) is 0 Å². The van der Waals surface area contributed by atoms with Crippen molar-refractivity contribution in [2.75, 3.05) is 33.0 Å². The van der Waals surface area contributed by atoms with Crippen molar-refractivity contribution in [1.29, 1.82) is 0 Å². The lowest BCUT2D eigenvalue weighted by Gasteiger charge is -2.49. The molecule has 392 valence electrons. The molecule has 29 atom stereocenters. The number of hydrogen-bond donors (Lipinski definition) is 20. The summed E-state index contributed by atoms with van der Waals surface area (Å²) in [6.45, 7) is -2.95. The van der Waals surface area contributed by atoms with Crippen molar-refractivity contribution in [3.63, 3.8) is 0 Å². The Morgan fingerprint density at radius 1 is 0.418 bits per heavy atom. The first-order valence-electron chi connectivity index (χ1n) is 21.2. The molecule has 5 heterocycles. The summed E-state index contributed by atoms with van der Waals surface area (Å²) in [5.41, 5.74) is -0.0208.